The normalized spacial score (nSPS) is 10.5. The minimum atomic E-state index is -0.755. The van der Waals surface area contributed by atoms with Crippen LogP contribution in [0.25, 0.3) is 0 Å². The zero-order valence-electron chi connectivity index (χ0n) is 14.0. The molecule has 0 amide bonds. The Morgan fingerprint density at radius 2 is 1.88 bits per heavy atom. The molecule has 0 saturated heterocycles. The van der Waals surface area contributed by atoms with Gasteiger partial charge < -0.3 is 9.30 Å². The molecule has 2 aromatic rings. The van der Waals surface area contributed by atoms with Crippen LogP contribution >= 0.6 is 0 Å². The highest BCUT2D eigenvalue weighted by atomic mass is 16.6. The maximum atomic E-state index is 12.2. The van der Waals surface area contributed by atoms with Crippen LogP contribution in [0.15, 0.2) is 24.3 Å². The SMILES string of the molecule is Cc1c(C(=O)OCC(=O)c2cc(C)n(C)c2C)cccc1[N+](=O)[O-]. The average molecular weight is 330 g/mol. The van der Waals surface area contributed by atoms with Gasteiger partial charge in [-0.15, -0.1) is 0 Å². The standard InChI is InChI=1S/C17H18N2O5/c1-10-8-14(12(3)18(10)4)16(20)9-24-17(21)13-6-5-7-15(11(13)2)19(22)23/h5-8H,9H2,1-4H3. The number of aromatic nitrogens is 1. The molecule has 7 nitrogen and oxygen atoms in total. The van der Waals surface area contributed by atoms with Crippen molar-refractivity contribution >= 4 is 17.4 Å². The number of ketones is 1. The third-order valence-corrected chi connectivity index (χ3v) is 4.13. The molecule has 0 radical (unpaired) electrons. The number of nitro benzene ring substituents is 1. The van der Waals surface area contributed by atoms with E-state index in [1.807, 2.05) is 25.5 Å². The van der Waals surface area contributed by atoms with Crippen molar-refractivity contribution in [3.05, 3.63) is 62.5 Å². The molecule has 1 heterocycles. The van der Waals surface area contributed by atoms with E-state index in [1.54, 1.807) is 6.07 Å². The summed E-state index contributed by atoms with van der Waals surface area (Å²) in [6.45, 7) is 4.75. The van der Waals surface area contributed by atoms with Gasteiger partial charge in [-0.25, -0.2) is 4.79 Å². The summed E-state index contributed by atoms with van der Waals surface area (Å²) in [6.07, 6.45) is 0. The second-order valence-electron chi connectivity index (χ2n) is 5.55. The fourth-order valence-electron chi connectivity index (χ4n) is 2.47. The molecule has 0 N–H and O–H groups in total. The molecular weight excluding hydrogens is 312 g/mol. The van der Waals surface area contributed by atoms with E-state index in [2.05, 4.69) is 0 Å². The molecule has 0 saturated carbocycles. The Balaban J connectivity index is 2.14. The van der Waals surface area contributed by atoms with E-state index in [9.17, 15) is 19.7 Å². The zero-order valence-corrected chi connectivity index (χ0v) is 14.0. The number of nitro groups is 1. The monoisotopic (exact) mass is 330 g/mol. The molecule has 0 atom stereocenters. The van der Waals surface area contributed by atoms with E-state index >= 15 is 0 Å². The summed E-state index contributed by atoms with van der Waals surface area (Å²) >= 11 is 0. The Morgan fingerprint density at radius 1 is 1.21 bits per heavy atom. The van der Waals surface area contributed by atoms with Crippen LogP contribution in [0.3, 0.4) is 0 Å². The number of hydrogen-bond donors (Lipinski definition) is 0. The number of carbonyl (C=O) groups is 2. The van der Waals surface area contributed by atoms with Gasteiger partial charge in [-0.05, 0) is 32.9 Å². The fourth-order valence-corrected chi connectivity index (χ4v) is 2.47. The fraction of sp³-hybridized carbons (Fsp3) is 0.294. The van der Waals surface area contributed by atoms with Crippen molar-refractivity contribution in [2.75, 3.05) is 6.61 Å². The van der Waals surface area contributed by atoms with E-state index in [-0.39, 0.29) is 22.6 Å². The van der Waals surface area contributed by atoms with Crippen LogP contribution in [0.1, 0.15) is 37.7 Å². The van der Waals surface area contributed by atoms with E-state index in [0.29, 0.717) is 5.56 Å². The lowest BCUT2D eigenvalue weighted by Gasteiger charge is -2.07. The number of nitrogens with zero attached hydrogens (tertiary/aromatic N) is 2. The predicted octanol–water partition coefficient (Wildman–Crippen LogP) is 2.90. The number of aryl methyl sites for hydroxylation is 1. The minimum absolute atomic E-state index is 0.0814. The van der Waals surface area contributed by atoms with Crippen molar-refractivity contribution in [1.29, 1.82) is 0 Å². The third-order valence-electron chi connectivity index (χ3n) is 4.13. The summed E-state index contributed by atoms with van der Waals surface area (Å²) in [5, 5.41) is 10.9. The molecule has 126 valence electrons. The molecule has 0 aliphatic heterocycles. The topological polar surface area (TPSA) is 91.4 Å². The summed E-state index contributed by atoms with van der Waals surface area (Å²) in [4.78, 5) is 34.7. The van der Waals surface area contributed by atoms with Gasteiger partial charge in [0.15, 0.2) is 6.61 Å². The van der Waals surface area contributed by atoms with Crippen molar-refractivity contribution in [3.63, 3.8) is 0 Å². The Hall–Kier alpha value is -2.96. The summed E-state index contributed by atoms with van der Waals surface area (Å²) in [7, 11) is 1.85. The molecule has 24 heavy (non-hydrogen) atoms. The highest BCUT2D eigenvalue weighted by Crippen LogP contribution is 2.22. The summed E-state index contributed by atoms with van der Waals surface area (Å²) in [5.41, 5.74) is 2.35. The molecule has 0 spiro atoms. The quantitative estimate of drug-likeness (QED) is 0.364. The molecule has 2 rings (SSSR count). The van der Waals surface area contributed by atoms with E-state index < -0.39 is 17.5 Å². The van der Waals surface area contributed by atoms with Crippen LogP contribution in [0.5, 0.6) is 0 Å². The maximum absolute atomic E-state index is 12.2. The smallest absolute Gasteiger partial charge is 0.339 e. The number of benzene rings is 1. The van der Waals surface area contributed by atoms with Crippen molar-refractivity contribution in [3.8, 4) is 0 Å². The van der Waals surface area contributed by atoms with Gasteiger partial charge in [0.2, 0.25) is 5.78 Å². The maximum Gasteiger partial charge on any atom is 0.339 e. The van der Waals surface area contributed by atoms with Crippen LogP contribution in [0, 0.1) is 30.9 Å². The Bertz CT molecular complexity index is 836. The van der Waals surface area contributed by atoms with Gasteiger partial charge in [0.1, 0.15) is 0 Å². The van der Waals surface area contributed by atoms with Crippen LogP contribution in [0.4, 0.5) is 5.69 Å². The molecule has 0 unspecified atom stereocenters. The van der Waals surface area contributed by atoms with Crippen LogP contribution in [0.2, 0.25) is 0 Å². The second kappa shape index (κ2) is 6.66. The van der Waals surface area contributed by atoms with E-state index in [1.165, 1.54) is 25.1 Å². The van der Waals surface area contributed by atoms with Gasteiger partial charge in [0, 0.05) is 35.6 Å². The van der Waals surface area contributed by atoms with Crippen molar-refractivity contribution < 1.29 is 19.2 Å². The number of Topliss-reactive ketones (excluding diaryl/α,β-unsaturated/α-hetero) is 1. The molecular formula is C17H18N2O5. The lowest BCUT2D eigenvalue weighted by Crippen LogP contribution is -2.16. The van der Waals surface area contributed by atoms with Crippen LogP contribution < -0.4 is 0 Å². The zero-order chi connectivity index (χ0) is 18.0. The van der Waals surface area contributed by atoms with E-state index in [0.717, 1.165) is 11.4 Å². The van der Waals surface area contributed by atoms with Gasteiger partial charge in [-0.3, -0.25) is 14.9 Å². The van der Waals surface area contributed by atoms with Gasteiger partial charge in [0.25, 0.3) is 5.69 Å². The lowest BCUT2D eigenvalue weighted by atomic mass is 10.1. The van der Waals surface area contributed by atoms with Gasteiger partial charge in [-0.1, -0.05) is 6.07 Å². The first-order valence-corrected chi connectivity index (χ1v) is 7.31. The van der Waals surface area contributed by atoms with Crippen molar-refractivity contribution in [2.24, 2.45) is 7.05 Å². The average Bonchev–Trinajstić information content (AvgIpc) is 2.79. The highest BCUT2D eigenvalue weighted by molar-refractivity contribution is 6.00. The molecule has 1 aromatic heterocycles. The van der Waals surface area contributed by atoms with Gasteiger partial charge in [-0.2, -0.15) is 0 Å². The van der Waals surface area contributed by atoms with E-state index in [4.69, 9.17) is 4.74 Å². The third kappa shape index (κ3) is 3.19. The number of hydrogen-bond acceptors (Lipinski definition) is 5. The van der Waals surface area contributed by atoms with Crippen molar-refractivity contribution in [2.45, 2.75) is 20.8 Å². The van der Waals surface area contributed by atoms with Gasteiger partial charge >= 0.3 is 5.97 Å². The molecule has 0 fully saturated rings. The summed E-state index contributed by atoms with van der Waals surface area (Å²) in [6, 6.07) is 5.90. The number of rotatable bonds is 5. The number of esters is 1. The van der Waals surface area contributed by atoms with Crippen molar-refractivity contribution in [1.82, 2.24) is 4.57 Å². The lowest BCUT2D eigenvalue weighted by molar-refractivity contribution is -0.385. The minimum Gasteiger partial charge on any atom is -0.454 e. The Morgan fingerprint density at radius 3 is 2.42 bits per heavy atom. The highest BCUT2D eigenvalue weighted by Gasteiger charge is 2.21. The number of carbonyl (C=O) groups excluding carboxylic acids is 2. The Kier molecular flexibility index (Phi) is 4.82. The summed E-state index contributed by atoms with van der Waals surface area (Å²) in [5.74, 6) is -1.07. The first-order valence-electron chi connectivity index (χ1n) is 7.31. The Labute approximate surface area is 139 Å². The first kappa shape index (κ1) is 17.4. The first-order chi connectivity index (χ1) is 11.2. The molecule has 0 aliphatic rings. The second-order valence-corrected chi connectivity index (χ2v) is 5.55. The predicted molar refractivity (Wildman–Crippen MR) is 87.3 cm³/mol. The largest absolute Gasteiger partial charge is 0.454 e. The molecule has 7 heteroatoms. The molecule has 0 bridgehead atoms. The van der Waals surface area contributed by atoms with Gasteiger partial charge in [0.05, 0.1) is 10.5 Å². The number of ether oxygens (including phenoxy) is 1. The molecule has 0 aliphatic carbocycles. The van der Waals surface area contributed by atoms with Crippen LogP contribution in [-0.2, 0) is 11.8 Å². The molecule has 1 aromatic carbocycles. The summed E-state index contributed by atoms with van der Waals surface area (Å²) < 4.78 is 6.92. The van der Waals surface area contributed by atoms with Crippen LogP contribution in [-0.4, -0.2) is 27.8 Å².